The molecule has 32 heavy (non-hydrogen) atoms. The Hall–Kier alpha value is -2.76. The second-order valence-corrected chi connectivity index (χ2v) is 8.52. The van der Waals surface area contributed by atoms with E-state index in [1.165, 1.54) is 0 Å². The van der Waals surface area contributed by atoms with Crippen LogP contribution in [0.3, 0.4) is 0 Å². The van der Waals surface area contributed by atoms with Crippen LogP contribution in [0.4, 0.5) is 5.82 Å². The highest BCUT2D eigenvalue weighted by molar-refractivity contribution is 5.87. The van der Waals surface area contributed by atoms with Crippen molar-refractivity contribution in [1.82, 2.24) is 24.8 Å². The van der Waals surface area contributed by atoms with Crippen LogP contribution >= 0.6 is 0 Å². The zero-order valence-corrected chi connectivity index (χ0v) is 18.2. The Morgan fingerprint density at radius 1 is 1.03 bits per heavy atom. The molecule has 1 saturated carbocycles. The first-order chi connectivity index (χ1) is 15.5. The van der Waals surface area contributed by atoms with E-state index in [1.54, 1.807) is 6.33 Å². The molecule has 1 aliphatic carbocycles. The molecule has 0 spiro atoms. The number of carboxylic acid groups (broad SMARTS) is 2. The highest BCUT2D eigenvalue weighted by Crippen LogP contribution is 2.40. The standard InChI is InChI=1S/C19H28N6O.2CH2O2/c1-23-4-6-24(7-5-23)16-8-13-10-25(11-14(13)9-17(16)26)19-15-2-3-20-18(15)21-12-22-19;2*2-1-3/h2-3,12-14,16-17,26H,4-11H2,1H3,(H,20,21,22);2*1H,(H,2,3)/t13-,14+,16-,17-;;/m1../s1. The van der Waals surface area contributed by atoms with E-state index in [0.29, 0.717) is 17.9 Å². The second-order valence-electron chi connectivity index (χ2n) is 8.52. The van der Waals surface area contributed by atoms with E-state index < -0.39 is 0 Å². The predicted octanol–water partition coefficient (Wildman–Crippen LogP) is 0.183. The molecule has 11 nitrogen and oxygen atoms in total. The fourth-order valence-corrected chi connectivity index (χ4v) is 5.24. The number of aliphatic hydroxyl groups is 1. The molecule has 4 atom stereocenters. The molecule has 2 aromatic heterocycles. The van der Waals surface area contributed by atoms with E-state index in [2.05, 4.69) is 42.8 Å². The first-order valence-corrected chi connectivity index (χ1v) is 10.8. The number of aliphatic hydroxyl groups excluding tert-OH is 1. The van der Waals surface area contributed by atoms with Gasteiger partial charge in [0.15, 0.2) is 0 Å². The molecule has 0 radical (unpaired) electrons. The van der Waals surface area contributed by atoms with Gasteiger partial charge in [0.25, 0.3) is 12.9 Å². The number of carbonyl (C=O) groups is 2. The van der Waals surface area contributed by atoms with Gasteiger partial charge in [-0.1, -0.05) is 0 Å². The molecule has 0 aromatic carbocycles. The van der Waals surface area contributed by atoms with Crippen molar-refractivity contribution < 1.29 is 24.9 Å². The van der Waals surface area contributed by atoms with E-state index in [4.69, 9.17) is 19.8 Å². The number of piperazine rings is 1. The summed E-state index contributed by atoms with van der Waals surface area (Å²) in [5, 5.41) is 25.7. The van der Waals surface area contributed by atoms with Gasteiger partial charge < -0.3 is 30.1 Å². The SMILES string of the molecule is CN1CCN([C@@H]2C[C@@H]3CN(c4ncnc5[nH]ccc45)C[C@@H]3C[C@H]2O)CC1.O=CO.O=CO. The lowest BCUT2D eigenvalue weighted by Gasteiger charge is -2.44. The topological polar surface area (TPSA) is 146 Å². The molecular weight excluding hydrogens is 416 g/mol. The molecule has 2 aliphatic heterocycles. The molecule has 3 aliphatic rings. The van der Waals surface area contributed by atoms with Crippen LogP contribution in [-0.2, 0) is 9.59 Å². The molecular formula is C21H32N6O5. The average Bonchev–Trinajstić information content (AvgIpc) is 3.41. The van der Waals surface area contributed by atoms with Crippen molar-refractivity contribution in [3.63, 3.8) is 0 Å². The third-order valence-corrected chi connectivity index (χ3v) is 6.75. The smallest absolute Gasteiger partial charge is 0.290 e. The van der Waals surface area contributed by atoms with Gasteiger partial charge in [0.2, 0.25) is 0 Å². The highest BCUT2D eigenvalue weighted by atomic mass is 16.3. The summed E-state index contributed by atoms with van der Waals surface area (Å²) < 4.78 is 0. The van der Waals surface area contributed by atoms with Gasteiger partial charge in [-0.25, -0.2) is 9.97 Å². The van der Waals surface area contributed by atoms with Crippen molar-refractivity contribution >= 4 is 29.8 Å². The zero-order valence-electron chi connectivity index (χ0n) is 18.2. The number of hydrogen-bond donors (Lipinski definition) is 4. The van der Waals surface area contributed by atoms with Crippen LogP contribution in [0.25, 0.3) is 11.0 Å². The van der Waals surface area contributed by atoms with E-state index >= 15 is 0 Å². The average molecular weight is 449 g/mol. The maximum atomic E-state index is 10.8. The Kier molecular flexibility index (Phi) is 8.37. The number of aromatic amines is 1. The van der Waals surface area contributed by atoms with Gasteiger partial charge in [-0.2, -0.15) is 0 Å². The summed E-state index contributed by atoms with van der Waals surface area (Å²) in [6.07, 6.45) is 5.40. The Morgan fingerprint density at radius 3 is 2.31 bits per heavy atom. The number of rotatable bonds is 2. The Bertz CT molecular complexity index is 865. The summed E-state index contributed by atoms with van der Waals surface area (Å²) >= 11 is 0. The molecule has 4 heterocycles. The van der Waals surface area contributed by atoms with Crippen molar-refractivity contribution in [2.24, 2.45) is 11.8 Å². The molecule has 4 N–H and O–H groups in total. The molecule has 0 bridgehead atoms. The van der Waals surface area contributed by atoms with Crippen molar-refractivity contribution in [2.45, 2.75) is 25.0 Å². The van der Waals surface area contributed by atoms with Crippen LogP contribution in [0.5, 0.6) is 0 Å². The van der Waals surface area contributed by atoms with Crippen LogP contribution < -0.4 is 4.90 Å². The number of aromatic nitrogens is 3. The number of anilines is 1. The van der Waals surface area contributed by atoms with E-state index in [1.807, 2.05) is 6.20 Å². The summed E-state index contributed by atoms with van der Waals surface area (Å²) in [6, 6.07) is 2.39. The maximum Gasteiger partial charge on any atom is 0.290 e. The number of likely N-dealkylation sites (N-methyl/N-ethyl adjacent to an activating group) is 1. The van der Waals surface area contributed by atoms with Crippen LogP contribution in [0.1, 0.15) is 12.8 Å². The lowest BCUT2D eigenvalue weighted by atomic mass is 9.77. The van der Waals surface area contributed by atoms with Gasteiger partial charge in [0.1, 0.15) is 17.8 Å². The van der Waals surface area contributed by atoms with Gasteiger partial charge in [-0.15, -0.1) is 0 Å². The summed E-state index contributed by atoms with van der Waals surface area (Å²) in [7, 11) is 2.18. The number of nitrogens with zero attached hydrogens (tertiary/aromatic N) is 5. The maximum absolute atomic E-state index is 10.8. The second kappa shape index (κ2) is 11.2. The fourth-order valence-electron chi connectivity index (χ4n) is 5.24. The minimum absolute atomic E-state index is 0.197. The number of H-pyrrole nitrogens is 1. The van der Waals surface area contributed by atoms with Crippen LogP contribution in [0.2, 0.25) is 0 Å². The number of hydrogen-bond acceptors (Lipinski definition) is 8. The molecule has 11 heteroatoms. The Labute approximate surface area is 186 Å². The first kappa shape index (κ1) is 23.9. The molecule has 2 aromatic rings. The first-order valence-electron chi connectivity index (χ1n) is 10.8. The molecule has 5 rings (SSSR count). The van der Waals surface area contributed by atoms with Gasteiger partial charge in [0, 0.05) is 51.5 Å². The summed E-state index contributed by atoms with van der Waals surface area (Å²) in [5.41, 5.74) is 0.903. The molecule has 176 valence electrons. The molecule has 0 amide bonds. The van der Waals surface area contributed by atoms with E-state index in [9.17, 15) is 5.11 Å². The third kappa shape index (κ3) is 5.34. The van der Waals surface area contributed by atoms with Crippen LogP contribution in [0, 0.1) is 11.8 Å². The van der Waals surface area contributed by atoms with Gasteiger partial charge in [0.05, 0.1) is 11.5 Å². The van der Waals surface area contributed by atoms with Crippen molar-refractivity contribution in [1.29, 1.82) is 0 Å². The third-order valence-electron chi connectivity index (χ3n) is 6.75. The van der Waals surface area contributed by atoms with Crippen molar-refractivity contribution in [3.8, 4) is 0 Å². The van der Waals surface area contributed by atoms with E-state index in [0.717, 1.165) is 69.0 Å². The number of nitrogens with one attached hydrogen (secondary N) is 1. The molecule has 2 saturated heterocycles. The highest BCUT2D eigenvalue weighted by Gasteiger charge is 2.44. The quantitative estimate of drug-likeness (QED) is 0.469. The fraction of sp³-hybridized carbons (Fsp3) is 0.619. The lowest BCUT2D eigenvalue weighted by molar-refractivity contribution is -0.123. The van der Waals surface area contributed by atoms with Crippen LogP contribution in [0.15, 0.2) is 18.6 Å². The van der Waals surface area contributed by atoms with Crippen LogP contribution in [-0.4, -0.2) is 111 Å². The minimum atomic E-state index is -0.250. The Balaban J connectivity index is 0.000000437. The van der Waals surface area contributed by atoms with Gasteiger partial charge in [-0.3, -0.25) is 14.5 Å². The molecule has 0 unspecified atom stereocenters. The number of fused-ring (bicyclic) bond motifs is 2. The van der Waals surface area contributed by atoms with E-state index in [-0.39, 0.29) is 19.0 Å². The van der Waals surface area contributed by atoms with Gasteiger partial charge >= 0.3 is 0 Å². The lowest BCUT2D eigenvalue weighted by Crippen LogP contribution is -2.55. The predicted molar refractivity (Wildman–Crippen MR) is 119 cm³/mol. The monoisotopic (exact) mass is 448 g/mol. The van der Waals surface area contributed by atoms with Crippen molar-refractivity contribution in [2.75, 3.05) is 51.2 Å². The zero-order chi connectivity index (χ0) is 23.1. The summed E-state index contributed by atoms with van der Waals surface area (Å²) in [5.74, 6) is 2.25. The molecule has 3 fully saturated rings. The summed E-state index contributed by atoms with van der Waals surface area (Å²) in [6.45, 7) is 5.91. The minimum Gasteiger partial charge on any atom is -0.483 e. The summed E-state index contributed by atoms with van der Waals surface area (Å²) in [4.78, 5) is 36.1. The normalized spacial score (nSPS) is 28.1. The van der Waals surface area contributed by atoms with Gasteiger partial charge in [-0.05, 0) is 37.8 Å². The van der Waals surface area contributed by atoms with Crippen molar-refractivity contribution in [3.05, 3.63) is 18.6 Å². The Morgan fingerprint density at radius 2 is 1.66 bits per heavy atom. The largest absolute Gasteiger partial charge is 0.483 e.